The van der Waals surface area contributed by atoms with Crippen LogP contribution in [0.5, 0.6) is 0 Å². The Morgan fingerprint density at radius 1 is 1.29 bits per heavy atom. The minimum Gasteiger partial charge on any atom is -0.318 e. The first-order valence-electron chi connectivity index (χ1n) is 7.59. The molecule has 0 saturated carbocycles. The molecule has 0 bridgehead atoms. The van der Waals surface area contributed by atoms with Crippen LogP contribution >= 0.6 is 0 Å². The minimum absolute atomic E-state index is 0.0156. The summed E-state index contributed by atoms with van der Waals surface area (Å²) in [5.41, 5.74) is 0.912. The molecule has 0 aromatic heterocycles. The van der Waals surface area contributed by atoms with Gasteiger partial charge in [0, 0.05) is 6.04 Å². The largest absolute Gasteiger partial charge is 0.318 e. The lowest BCUT2D eigenvalue weighted by atomic mass is 9.86. The average Bonchev–Trinajstić information content (AvgIpc) is 2.74. The second-order valence-electron chi connectivity index (χ2n) is 6.87. The van der Waals surface area contributed by atoms with E-state index in [1.165, 1.54) is 12.1 Å². The highest BCUT2D eigenvalue weighted by Gasteiger charge is 2.43. The molecule has 3 nitrogen and oxygen atoms in total. The Kier molecular flexibility index (Phi) is 4.38. The van der Waals surface area contributed by atoms with Gasteiger partial charge in [-0.15, -0.1) is 0 Å². The van der Waals surface area contributed by atoms with Gasteiger partial charge in [-0.2, -0.15) is 0 Å². The molecule has 3 atom stereocenters. The number of rotatable bonds is 3. The normalized spacial score (nSPS) is 24.5. The summed E-state index contributed by atoms with van der Waals surface area (Å²) >= 11 is 0. The van der Waals surface area contributed by atoms with E-state index in [4.69, 9.17) is 0 Å². The SMILES string of the molecule is CCC1NC(c2ccc(F)cc2)N(C(C)C(C)(C)C)C1=O. The zero-order valence-corrected chi connectivity index (χ0v) is 13.5. The Hall–Kier alpha value is -1.42. The Morgan fingerprint density at radius 3 is 2.33 bits per heavy atom. The molecule has 1 heterocycles. The molecule has 1 aliphatic heterocycles. The van der Waals surface area contributed by atoms with Crippen molar-refractivity contribution in [2.24, 2.45) is 5.41 Å². The van der Waals surface area contributed by atoms with E-state index in [0.29, 0.717) is 0 Å². The van der Waals surface area contributed by atoms with Gasteiger partial charge in [-0.05, 0) is 36.5 Å². The predicted octanol–water partition coefficient (Wildman–Crippen LogP) is 3.47. The van der Waals surface area contributed by atoms with Crippen LogP contribution in [0, 0.1) is 11.2 Å². The van der Waals surface area contributed by atoms with Crippen molar-refractivity contribution in [2.45, 2.75) is 59.3 Å². The Morgan fingerprint density at radius 2 is 1.86 bits per heavy atom. The summed E-state index contributed by atoms with van der Waals surface area (Å²) in [6.45, 7) is 10.5. The van der Waals surface area contributed by atoms with Gasteiger partial charge >= 0.3 is 0 Å². The van der Waals surface area contributed by atoms with Crippen molar-refractivity contribution in [1.82, 2.24) is 10.2 Å². The number of halogens is 1. The van der Waals surface area contributed by atoms with Crippen molar-refractivity contribution >= 4 is 5.91 Å². The summed E-state index contributed by atoms with van der Waals surface area (Å²) in [6.07, 6.45) is 0.571. The molecule has 1 aromatic rings. The zero-order chi connectivity index (χ0) is 15.8. The van der Waals surface area contributed by atoms with E-state index in [2.05, 4.69) is 33.0 Å². The molecule has 1 fully saturated rings. The molecule has 1 aromatic carbocycles. The van der Waals surface area contributed by atoms with E-state index in [0.717, 1.165) is 12.0 Å². The van der Waals surface area contributed by atoms with E-state index in [9.17, 15) is 9.18 Å². The van der Waals surface area contributed by atoms with Crippen molar-refractivity contribution in [2.75, 3.05) is 0 Å². The van der Waals surface area contributed by atoms with Crippen LogP contribution in [0.3, 0.4) is 0 Å². The van der Waals surface area contributed by atoms with Gasteiger partial charge in [-0.1, -0.05) is 39.8 Å². The summed E-state index contributed by atoms with van der Waals surface area (Å²) in [5, 5.41) is 3.38. The third-order valence-electron chi connectivity index (χ3n) is 4.45. The monoisotopic (exact) mass is 292 g/mol. The van der Waals surface area contributed by atoms with E-state index >= 15 is 0 Å². The van der Waals surface area contributed by atoms with E-state index < -0.39 is 0 Å². The molecule has 0 aliphatic carbocycles. The van der Waals surface area contributed by atoms with Gasteiger partial charge in [0.05, 0.1) is 6.04 Å². The summed E-state index contributed by atoms with van der Waals surface area (Å²) in [6, 6.07) is 6.32. The van der Waals surface area contributed by atoms with Crippen molar-refractivity contribution in [3.05, 3.63) is 35.6 Å². The van der Waals surface area contributed by atoms with Crippen molar-refractivity contribution in [1.29, 1.82) is 0 Å². The molecule has 21 heavy (non-hydrogen) atoms. The molecule has 1 saturated heterocycles. The van der Waals surface area contributed by atoms with Crippen LogP contribution in [0.15, 0.2) is 24.3 Å². The highest BCUT2D eigenvalue weighted by atomic mass is 19.1. The molecule has 3 unspecified atom stereocenters. The van der Waals surface area contributed by atoms with Gasteiger partial charge in [0.15, 0.2) is 0 Å². The summed E-state index contributed by atoms with van der Waals surface area (Å²) < 4.78 is 13.1. The first kappa shape index (κ1) is 16.0. The summed E-state index contributed by atoms with van der Waals surface area (Å²) in [7, 11) is 0. The molecule has 1 N–H and O–H groups in total. The topological polar surface area (TPSA) is 32.3 Å². The zero-order valence-electron chi connectivity index (χ0n) is 13.5. The third kappa shape index (κ3) is 3.10. The first-order chi connectivity index (χ1) is 9.75. The number of nitrogens with one attached hydrogen (secondary N) is 1. The van der Waals surface area contributed by atoms with Crippen molar-refractivity contribution in [3.8, 4) is 0 Å². The van der Waals surface area contributed by atoms with Gasteiger partial charge < -0.3 is 4.90 Å². The van der Waals surface area contributed by atoms with Gasteiger partial charge in [0.25, 0.3) is 0 Å². The Balaban J connectivity index is 2.37. The fourth-order valence-corrected chi connectivity index (χ4v) is 2.68. The van der Waals surface area contributed by atoms with Crippen molar-refractivity contribution in [3.63, 3.8) is 0 Å². The lowest BCUT2D eigenvalue weighted by Crippen LogP contribution is -2.45. The second kappa shape index (κ2) is 5.76. The number of nitrogens with zero attached hydrogens (tertiary/aromatic N) is 1. The number of hydrogen-bond donors (Lipinski definition) is 1. The fraction of sp³-hybridized carbons (Fsp3) is 0.588. The third-order valence-corrected chi connectivity index (χ3v) is 4.45. The molecule has 0 spiro atoms. The van der Waals surface area contributed by atoms with Crippen LogP contribution in [0.1, 0.15) is 52.8 Å². The van der Waals surface area contributed by atoms with Gasteiger partial charge in [-0.25, -0.2) is 4.39 Å². The number of benzene rings is 1. The highest BCUT2D eigenvalue weighted by molar-refractivity contribution is 5.84. The molecule has 1 aliphatic rings. The Bertz CT molecular complexity index is 507. The first-order valence-corrected chi connectivity index (χ1v) is 7.59. The van der Waals surface area contributed by atoms with Crippen LogP contribution in [0.25, 0.3) is 0 Å². The number of hydrogen-bond acceptors (Lipinski definition) is 2. The van der Waals surface area contributed by atoms with E-state index in [-0.39, 0.29) is 35.4 Å². The number of carbonyl (C=O) groups excluding carboxylic acids is 1. The fourth-order valence-electron chi connectivity index (χ4n) is 2.68. The Labute approximate surface area is 126 Å². The molecule has 4 heteroatoms. The average molecular weight is 292 g/mol. The van der Waals surface area contributed by atoms with E-state index in [1.807, 2.05) is 11.8 Å². The van der Waals surface area contributed by atoms with Crippen LogP contribution in [-0.2, 0) is 4.79 Å². The summed E-state index contributed by atoms with van der Waals surface area (Å²) in [5.74, 6) is -0.125. The molecular weight excluding hydrogens is 267 g/mol. The number of carbonyl (C=O) groups is 1. The van der Waals surface area contributed by atoms with Crippen LogP contribution in [-0.4, -0.2) is 22.9 Å². The van der Waals surface area contributed by atoms with Gasteiger partial charge in [0.1, 0.15) is 12.0 Å². The maximum Gasteiger partial charge on any atom is 0.241 e. The molecule has 116 valence electrons. The standard InChI is InChI=1S/C17H25FN2O/c1-6-14-16(21)20(11(2)17(3,4)5)15(19-14)12-7-9-13(18)10-8-12/h7-11,14-15,19H,6H2,1-5H3. The summed E-state index contributed by atoms with van der Waals surface area (Å²) in [4.78, 5) is 14.6. The maximum absolute atomic E-state index is 13.1. The van der Waals surface area contributed by atoms with Gasteiger partial charge in [-0.3, -0.25) is 10.1 Å². The smallest absolute Gasteiger partial charge is 0.241 e. The molecule has 0 radical (unpaired) electrons. The highest BCUT2D eigenvalue weighted by Crippen LogP contribution is 2.34. The van der Waals surface area contributed by atoms with Crippen LogP contribution < -0.4 is 5.32 Å². The predicted molar refractivity (Wildman–Crippen MR) is 82.1 cm³/mol. The minimum atomic E-state index is -0.259. The van der Waals surface area contributed by atoms with Crippen LogP contribution in [0.2, 0.25) is 0 Å². The van der Waals surface area contributed by atoms with Gasteiger partial charge in [0.2, 0.25) is 5.91 Å². The van der Waals surface area contributed by atoms with E-state index in [1.54, 1.807) is 12.1 Å². The lowest BCUT2D eigenvalue weighted by molar-refractivity contribution is -0.134. The second-order valence-corrected chi connectivity index (χ2v) is 6.87. The number of amides is 1. The quantitative estimate of drug-likeness (QED) is 0.925. The molecule has 2 rings (SSSR count). The lowest BCUT2D eigenvalue weighted by Gasteiger charge is -2.38. The van der Waals surface area contributed by atoms with Crippen LogP contribution in [0.4, 0.5) is 4.39 Å². The molecular formula is C17H25FN2O. The van der Waals surface area contributed by atoms with Crippen molar-refractivity contribution < 1.29 is 9.18 Å². The molecule has 1 amide bonds. The maximum atomic E-state index is 13.1.